The van der Waals surface area contributed by atoms with Crippen molar-refractivity contribution in [3.05, 3.63) is 68.9 Å². The monoisotopic (exact) mass is 549 g/mol. The van der Waals surface area contributed by atoms with E-state index in [1.165, 1.54) is 10.7 Å². The van der Waals surface area contributed by atoms with E-state index >= 15 is 0 Å². The normalized spacial score (nSPS) is 11.7. The van der Waals surface area contributed by atoms with E-state index in [0.29, 0.717) is 22.8 Å². The summed E-state index contributed by atoms with van der Waals surface area (Å²) in [6.07, 6.45) is 0. The Hall–Kier alpha value is -3.48. The summed E-state index contributed by atoms with van der Waals surface area (Å²) >= 11 is 6.03. The van der Waals surface area contributed by atoms with Crippen molar-refractivity contribution in [1.29, 1.82) is 0 Å². The van der Waals surface area contributed by atoms with Crippen LogP contribution in [0, 0.1) is 23.0 Å². The Morgan fingerprint density at radius 3 is 2.38 bits per heavy atom. The number of rotatable bonds is 10. The SMILES string of the molecule is Cc1c(C(=O)NCC(C)C)nn(-c2ccc(Cl)cc2)c1Oc1ccc([N+](=O)[O-])cc1S(=O)(=O)NC(C)C. The summed E-state index contributed by atoms with van der Waals surface area (Å²) in [5, 5.41) is 19.1. The molecule has 0 aliphatic carbocycles. The molecule has 2 N–H and O–H groups in total. The van der Waals surface area contributed by atoms with Gasteiger partial charge in [0.25, 0.3) is 11.6 Å². The Bertz CT molecular complexity index is 1420. The molecule has 0 saturated carbocycles. The summed E-state index contributed by atoms with van der Waals surface area (Å²) in [5.41, 5.74) is 0.497. The number of aromatic nitrogens is 2. The molecule has 0 atom stereocenters. The van der Waals surface area contributed by atoms with Crippen LogP contribution in [0.3, 0.4) is 0 Å². The van der Waals surface area contributed by atoms with E-state index in [-0.39, 0.29) is 23.2 Å². The highest BCUT2D eigenvalue weighted by Gasteiger charge is 2.28. The lowest BCUT2D eigenvalue weighted by atomic mass is 10.2. The molecule has 0 aliphatic heterocycles. The number of carbonyl (C=O) groups is 1. The maximum atomic E-state index is 13.1. The molecule has 3 aromatic rings. The van der Waals surface area contributed by atoms with Crippen molar-refractivity contribution in [3.63, 3.8) is 0 Å². The van der Waals surface area contributed by atoms with Gasteiger partial charge in [-0.15, -0.1) is 0 Å². The summed E-state index contributed by atoms with van der Waals surface area (Å²) in [6, 6.07) is 9.36. The summed E-state index contributed by atoms with van der Waals surface area (Å²) in [7, 11) is -4.20. The third kappa shape index (κ3) is 6.64. The van der Waals surface area contributed by atoms with Crippen molar-refractivity contribution in [1.82, 2.24) is 19.8 Å². The van der Waals surface area contributed by atoms with Crippen LogP contribution in [0.2, 0.25) is 5.02 Å². The predicted octanol–water partition coefficient (Wildman–Crippen LogP) is 4.61. The first-order chi connectivity index (χ1) is 17.3. The Kier molecular flexibility index (Phi) is 8.57. The lowest BCUT2D eigenvalue weighted by Gasteiger charge is -2.15. The van der Waals surface area contributed by atoms with Crippen LogP contribution in [0.5, 0.6) is 11.6 Å². The van der Waals surface area contributed by atoms with Gasteiger partial charge in [0.2, 0.25) is 15.9 Å². The van der Waals surface area contributed by atoms with Crippen molar-refractivity contribution < 1.29 is 22.9 Å². The standard InChI is InChI=1S/C24H28ClN5O6S/c1-14(2)13-26-23(31)22-16(5)24(29(27-22)18-8-6-17(25)7-9-18)36-20-11-10-19(30(32)33)12-21(20)37(34,35)28-15(3)4/h6-12,14-15,28H,13H2,1-5H3,(H,26,31). The molecule has 0 fully saturated rings. The van der Waals surface area contributed by atoms with Crippen LogP contribution in [0.1, 0.15) is 43.7 Å². The van der Waals surface area contributed by atoms with Crippen LogP contribution >= 0.6 is 11.6 Å². The molecule has 0 radical (unpaired) electrons. The molecule has 11 nitrogen and oxygen atoms in total. The summed E-state index contributed by atoms with van der Waals surface area (Å²) in [5.74, 6) is -0.334. The Morgan fingerprint density at radius 2 is 1.81 bits per heavy atom. The molecule has 0 saturated heterocycles. The smallest absolute Gasteiger partial charge is 0.272 e. The number of non-ortho nitro benzene ring substituents is 1. The van der Waals surface area contributed by atoms with E-state index in [4.69, 9.17) is 16.3 Å². The van der Waals surface area contributed by atoms with Gasteiger partial charge in [-0.3, -0.25) is 14.9 Å². The fourth-order valence-corrected chi connectivity index (χ4v) is 4.86. The largest absolute Gasteiger partial charge is 0.437 e. The quantitative estimate of drug-likeness (QED) is 0.277. The number of halogens is 1. The highest BCUT2D eigenvalue weighted by Crippen LogP contribution is 2.36. The number of carbonyl (C=O) groups excluding carboxylic acids is 1. The van der Waals surface area contributed by atoms with Gasteiger partial charge in [0.05, 0.1) is 10.6 Å². The van der Waals surface area contributed by atoms with Gasteiger partial charge >= 0.3 is 0 Å². The van der Waals surface area contributed by atoms with Crippen LogP contribution in [0.4, 0.5) is 5.69 Å². The first-order valence-corrected chi connectivity index (χ1v) is 13.3. The van der Waals surface area contributed by atoms with Crippen LogP contribution < -0.4 is 14.8 Å². The second-order valence-electron chi connectivity index (χ2n) is 9.04. The number of ether oxygens (including phenoxy) is 1. The zero-order valence-corrected chi connectivity index (χ0v) is 22.6. The number of sulfonamides is 1. The van der Waals surface area contributed by atoms with Crippen LogP contribution in [-0.2, 0) is 10.0 Å². The predicted molar refractivity (Wildman–Crippen MR) is 139 cm³/mol. The van der Waals surface area contributed by atoms with E-state index in [2.05, 4.69) is 15.1 Å². The fraction of sp³-hybridized carbons (Fsp3) is 0.333. The Labute approximate surface area is 220 Å². The number of hydrogen-bond acceptors (Lipinski definition) is 7. The van der Waals surface area contributed by atoms with Gasteiger partial charge in [0.15, 0.2) is 5.69 Å². The third-order valence-corrected chi connectivity index (χ3v) is 6.98. The van der Waals surface area contributed by atoms with Gasteiger partial charge in [-0.25, -0.2) is 13.1 Å². The topological polar surface area (TPSA) is 145 Å². The number of nitro groups is 1. The Balaban J connectivity index is 2.18. The first-order valence-electron chi connectivity index (χ1n) is 11.4. The minimum Gasteiger partial charge on any atom is -0.437 e. The molecular weight excluding hydrogens is 522 g/mol. The third-order valence-electron chi connectivity index (χ3n) is 5.05. The van der Waals surface area contributed by atoms with Crippen LogP contribution in [0.15, 0.2) is 47.4 Å². The fourth-order valence-electron chi connectivity index (χ4n) is 3.34. The van der Waals surface area contributed by atoms with Crippen molar-refractivity contribution in [3.8, 4) is 17.3 Å². The van der Waals surface area contributed by atoms with Gasteiger partial charge < -0.3 is 10.1 Å². The molecule has 0 bridgehead atoms. The van der Waals surface area contributed by atoms with E-state index in [0.717, 1.165) is 12.1 Å². The molecule has 13 heteroatoms. The molecule has 2 aromatic carbocycles. The lowest BCUT2D eigenvalue weighted by molar-refractivity contribution is -0.385. The number of nitro benzene ring substituents is 1. The first kappa shape index (κ1) is 28.1. The van der Waals surface area contributed by atoms with Crippen molar-refractivity contribution in [2.75, 3.05) is 6.54 Å². The van der Waals surface area contributed by atoms with Crippen LogP contribution in [-0.4, -0.2) is 41.6 Å². The molecule has 1 aromatic heterocycles. The second kappa shape index (κ2) is 11.3. The summed E-state index contributed by atoms with van der Waals surface area (Å²) in [4.78, 5) is 23.1. The van der Waals surface area contributed by atoms with Crippen molar-refractivity contribution in [2.24, 2.45) is 5.92 Å². The molecule has 0 aliphatic rings. The van der Waals surface area contributed by atoms with Gasteiger partial charge in [-0.05, 0) is 57.0 Å². The number of amides is 1. The molecule has 0 spiro atoms. The van der Waals surface area contributed by atoms with Gasteiger partial charge in [0, 0.05) is 35.3 Å². The molecular formula is C24H28ClN5O6S. The van der Waals surface area contributed by atoms with Gasteiger partial charge in [-0.2, -0.15) is 9.78 Å². The van der Waals surface area contributed by atoms with Crippen molar-refractivity contribution in [2.45, 2.75) is 45.6 Å². The highest BCUT2D eigenvalue weighted by molar-refractivity contribution is 7.89. The van der Waals surface area contributed by atoms with Gasteiger partial charge in [-0.1, -0.05) is 25.4 Å². The van der Waals surface area contributed by atoms with E-state index < -0.39 is 37.5 Å². The second-order valence-corrected chi connectivity index (χ2v) is 11.2. The molecule has 3 rings (SSSR count). The number of benzene rings is 2. The minimum absolute atomic E-state index is 0.0619. The number of hydrogen-bond donors (Lipinski definition) is 2. The Morgan fingerprint density at radius 1 is 1.16 bits per heavy atom. The van der Waals surface area contributed by atoms with E-state index in [1.54, 1.807) is 45.0 Å². The lowest BCUT2D eigenvalue weighted by Crippen LogP contribution is -2.30. The maximum absolute atomic E-state index is 13.1. The van der Waals surface area contributed by atoms with E-state index in [1.807, 2.05) is 13.8 Å². The molecule has 1 heterocycles. The maximum Gasteiger partial charge on any atom is 0.272 e. The zero-order chi connectivity index (χ0) is 27.5. The summed E-state index contributed by atoms with van der Waals surface area (Å²) < 4.78 is 35.9. The molecule has 0 unspecified atom stereocenters. The van der Waals surface area contributed by atoms with Gasteiger partial charge in [0.1, 0.15) is 10.6 Å². The zero-order valence-electron chi connectivity index (χ0n) is 21.0. The molecule has 37 heavy (non-hydrogen) atoms. The van der Waals surface area contributed by atoms with Crippen molar-refractivity contribution >= 4 is 33.2 Å². The van der Waals surface area contributed by atoms with E-state index in [9.17, 15) is 23.3 Å². The molecule has 1 amide bonds. The average Bonchev–Trinajstić information content (AvgIpc) is 3.13. The summed E-state index contributed by atoms with van der Waals surface area (Å²) in [6.45, 7) is 9.19. The number of nitrogens with zero attached hydrogens (tertiary/aromatic N) is 3. The average molecular weight is 550 g/mol. The van der Waals surface area contributed by atoms with Crippen LogP contribution in [0.25, 0.3) is 5.69 Å². The number of nitrogens with one attached hydrogen (secondary N) is 2. The highest BCUT2D eigenvalue weighted by atomic mass is 35.5. The minimum atomic E-state index is -4.20. The molecule has 198 valence electrons.